The van der Waals surface area contributed by atoms with Gasteiger partial charge in [-0.3, -0.25) is 14.7 Å². The molecule has 1 unspecified atom stereocenters. The highest BCUT2D eigenvalue weighted by molar-refractivity contribution is 5.82. The van der Waals surface area contributed by atoms with Gasteiger partial charge < -0.3 is 19.9 Å². The number of aliphatic imine (C=N–C) groups is 1. The predicted molar refractivity (Wildman–Crippen MR) is 110 cm³/mol. The molecule has 2 rings (SSSR count). The summed E-state index contributed by atoms with van der Waals surface area (Å²) in [5.41, 5.74) is 0. The molecule has 156 valence electrons. The van der Waals surface area contributed by atoms with Crippen LogP contribution in [0.4, 0.5) is 0 Å². The zero-order valence-corrected chi connectivity index (χ0v) is 17.7. The molecule has 0 radical (unpaired) electrons. The fraction of sp³-hybridized carbons (Fsp3) is 0.900. The molecule has 1 atom stereocenters. The number of hydrogen-bond acceptors (Lipinski definition) is 4. The number of rotatable bonds is 8. The van der Waals surface area contributed by atoms with E-state index in [1.54, 1.807) is 0 Å². The van der Waals surface area contributed by atoms with Gasteiger partial charge >= 0.3 is 0 Å². The van der Waals surface area contributed by atoms with E-state index in [-0.39, 0.29) is 6.04 Å². The zero-order chi connectivity index (χ0) is 19.6. The van der Waals surface area contributed by atoms with Crippen LogP contribution < -0.4 is 5.32 Å². The lowest BCUT2D eigenvalue weighted by atomic mass is 10.1. The van der Waals surface area contributed by atoms with Gasteiger partial charge in [0.05, 0.1) is 12.6 Å². The van der Waals surface area contributed by atoms with E-state index in [9.17, 15) is 4.79 Å². The number of nitrogens with zero attached hydrogens (tertiary/aromatic N) is 4. The average molecular weight is 382 g/mol. The van der Waals surface area contributed by atoms with E-state index >= 15 is 0 Å². The Hall–Kier alpha value is -1.34. The molecule has 2 aliphatic rings. The Labute approximate surface area is 165 Å². The Morgan fingerprint density at radius 2 is 1.67 bits per heavy atom. The lowest BCUT2D eigenvalue weighted by Gasteiger charge is -2.39. The highest BCUT2D eigenvalue weighted by Gasteiger charge is 2.30. The average Bonchev–Trinajstić information content (AvgIpc) is 3.21. The fourth-order valence-corrected chi connectivity index (χ4v) is 3.67. The molecule has 27 heavy (non-hydrogen) atoms. The molecule has 1 N–H and O–H groups in total. The zero-order valence-electron chi connectivity index (χ0n) is 17.7. The number of amides is 1. The van der Waals surface area contributed by atoms with Crippen LogP contribution in [0, 0.1) is 5.92 Å². The number of hydrogen-bond donors (Lipinski definition) is 1. The van der Waals surface area contributed by atoms with Gasteiger partial charge in [0, 0.05) is 59.5 Å². The lowest BCUT2D eigenvalue weighted by molar-refractivity contribution is -0.135. The lowest BCUT2D eigenvalue weighted by Crippen LogP contribution is -2.57. The highest BCUT2D eigenvalue weighted by Crippen LogP contribution is 2.14. The van der Waals surface area contributed by atoms with E-state index in [4.69, 9.17) is 4.74 Å². The van der Waals surface area contributed by atoms with Crippen molar-refractivity contribution in [3.63, 3.8) is 0 Å². The minimum absolute atomic E-state index is 0.0189. The van der Waals surface area contributed by atoms with Crippen molar-refractivity contribution in [3.8, 4) is 0 Å². The molecule has 2 fully saturated rings. The maximum Gasteiger partial charge on any atom is 0.239 e. The molecule has 0 aromatic carbocycles. The Kier molecular flexibility index (Phi) is 9.34. The summed E-state index contributed by atoms with van der Waals surface area (Å²) in [5, 5.41) is 3.40. The molecule has 0 spiro atoms. The van der Waals surface area contributed by atoms with Crippen LogP contribution in [0.15, 0.2) is 4.99 Å². The first-order valence-electron chi connectivity index (χ1n) is 10.6. The van der Waals surface area contributed by atoms with Crippen LogP contribution >= 0.6 is 0 Å². The van der Waals surface area contributed by atoms with Crippen molar-refractivity contribution in [2.24, 2.45) is 10.9 Å². The SMILES string of the molecule is CN=C(NCCOCCC(C)C)N1CCN(C(C)C(=O)N2CCCC2)CC1. The summed E-state index contributed by atoms with van der Waals surface area (Å²) in [4.78, 5) is 23.6. The van der Waals surface area contributed by atoms with Gasteiger partial charge in [0.25, 0.3) is 0 Å². The number of ether oxygens (including phenoxy) is 1. The van der Waals surface area contributed by atoms with Crippen molar-refractivity contribution in [1.29, 1.82) is 0 Å². The normalized spacial score (nSPS) is 20.4. The molecule has 0 saturated carbocycles. The van der Waals surface area contributed by atoms with Gasteiger partial charge in [0.1, 0.15) is 0 Å². The summed E-state index contributed by atoms with van der Waals surface area (Å²) in [6, 6.07) is -0.0189. The summed E-state index contributed by atoms with van der Waals surface area (Å²) in [6.45, 7) is 14.2. The molecule has 0 aromatic heterocycles. The van der Waals surface area contributed by atoms with Crippen molar-refractivity contribution in [3.05, 3.63) is 0 Å². The molecule has 2 heterocycles. The van der Waals surface area contributed by atoms with Gasteiger partial charge in [-0.2, -0.15) is 0 Å². The monoisotopic (exact) mass is 381 g/mol. The molecule has 2 saturated heterocycles. The standard InChI is InChI=1S/C20H39N5O2/c1-17(2)7-15-27-16-8-22-20(21-4)25-13-11-23(12-14-25)18(3)19(26)24-9-5-6-10-24/h17-18H,5-16H2,1-4H3,(H,21,22). The molecular weight excluding hydrogens is 342 g/mol. The van der Waals surface area contributed by atoms with E-state index < -0.39 is 0 Å². The summed E-state index contributed by atoms with van der Waals surface area (Å²) >= 11 is 0. The van der Waals surface area contributed by atoms with Crippen LogP contribution in [0.1, 0.15) is 40.0 Å². The number of guanidine groups is 1. The number of carbonyl (C=O) groups is 1. The van der Waals surface area contributed by atoms with Gasteiger partial charge in [-0.1, -0.05) is 13.8 Å². The molecule has 0 aromatic rings. The smallest absolute Gasteiger partial charge is 0.239 e. The van der Waals surface area contributed by atoms with Crippen LogP contribution in [0.3, 0.4) is 0 Å². The van der Waals surface area contributed by atoms with E-state index in [1.807, 2.05) is 11.9 Å². The summed E-state index contributed by atoms with van der Waals surface area (Å²) in [7, 11) is 1.83. The third kappa shape index (κ3) is 6.96. The topological polar surface area (TPSA) is 60.4 Å². The molecule has 2 aliphatic heterocycles. The van der Waals surface area contributed by atoms with Crippen molar-refractivity contribution < 1.29 is 9.53 Å². The first-order valence-corrected chi connectivity index (χ1v) is 10.6. The maximum atomic E-state index is 12.6. The van der Waals surface area contributed by atoms with Crippen molar-refractivity contribution >= 4 is 11.9 Å². The largest absolute Gasteiger partial charge is 0.380 e. The van der Waals surface area contributed by atoms with E-state index in [2.05, 4.69) is 40.9 Å². The van der Waals surface area contributed by atoms with E-state index in [0.29, 0.717) is 18.4 Å². The maximum absolute atomic E-state index is 12.6. The Bertz CT molecular complexity index is 469. The molecule has 1 amide bonds. The van der Waals surface area contributed by atoms with Crippen LogP contribution in [-0.2, 0) is 9.53 Å². The van der Waals surface area contributed by atoms with E-state index in [1.165, 1.54) is 0 Å². The Morgan fingerprint density at radius 1 is 1.00 bits per heavy atom. The number of likely N-dealkylation sites (tertiary alicyclic amines) is 1. The molecule has 7 nitrogen and oxygen atoms in total. The third-order valence-electron chi connectivity index (χ3n) is 5.52. The van der Waals surface area contributed by atoms with Gasteiger partial charge in [-0.25, -0.2) is 0 Å². The minimum atomic E-state index is -0.0189. The van der Waals surface area contributed by atoms with Crippen LogP contribution in [0.5, 0.6) is 0 Å². The van der Waals surface area contributed by atoms with Crippen molar-refractivity contribution in [2.45, 2.75) is 46.1 Å². The number of piperazine rings is 1. The van der Waals surface area contributed by atoms with Crippen molar-refractivity contribution in [2.75, 3.05) is 66.1 Å². The van der Waals surface area contributed by atoms with Gasteiger partial charge in [-0.15, -0.1) is 0 Å². The fourth-order valence-electron chi connectivity index (χ4n) is 3.67. The van der Waals surface area contributed by atoms with Crippen LogP contribution in [0.25, 0.3) is 0 Å². The second kappa shape index (κ2) is 11.5. The van der Waals surface area contributed by atoms with Gasteiger partial charge in [0.15, 0.2) is 5.96 Å². The van der Waals surface area contributed by atoms with Gasteiger partial charge in [0.2, 0.25) is 5.91 Å². The summed E-state index contributed by atoms with van der Waals surface area (Å²) in [6.07, 6.45) is 3.40. The molecule has 0 aliphatic carbocycles. The second-order valence-electron chi connectivity index (χ2n) is 8.00. The predicted octanol–water partition coefficient (Wildman–Crippen LogP) is 1.25. The highest BCUT2D eigenvalue weighted by atomic mass is 16.5. The number of carbonyl (C=O) groups excluding carboxylic acids is 1. The Balaban J connectivity index is 1.67. The molecular formula is C20H39N5O2. The third-order valence-corrected chi connectivity index (χ3v) is 5.52. The molecule has 7 heteroatoms. The van der Waals surface area contributed by atoms with Crippen LogP contribution in [0.2, 0.25) is 0 Å². The van der Waals surface area contributed by atoms with E-state index in [0.717, 1.165) is 77.6 Å². The first kappa shape index (κ1) is 22.0. The number of nitrogens with one attached hydrogen (secondary N) is 1. The first-order chi connectivity index (χ1) is 13.0. The van der Waals surface area contributed by atoms with Crippen LogP contribution in [-0.4, -0.2) is 98.7 Å². The quantitative estimate of drug-likeness (QED) is 0.390. The van der Waals surface area contributed by atoms with Crippen molar-refractivity contribution in [1.82, 2.24) is 20.0 Å². The van der Waals surface area contributed by atoms with Gasteiger partial charge in [-0.05, 0) is 32.1 Å². The molecule has 0 bridgehead atoms. The summed E-state index contributed by atoms with van der Waals surface area (Å²) in [5.74, 6) is 1.91. The minimum Gasteiger partial charge on any atom is -0.380 e. The summed E-state index contributed by atoms with van der Waals surface area (Å²) < 4.78 is 5.66. The second-order valence-corrected chi connectivity index (χ2v) is 8.00. The Morgan fingerprint density at radius 3 is 2.26 bits per heavy atom.